The minimum Gasteiger partial charge on any atom is -0.462 e. The summed E-state index contributed by atoms with van der Waals surface area (Å²) >= 11 is 0. The Balaban J connectivity index is 2.11. The lowest BCUT2D eigenvalue weighted by Crippen LogP contribution is -2.23. The molecule has 0 saturated carbocycles. The average molecular weight is 438 g/mol. The number of nitrogens with zero attached hydrogens (tertiary/aromatic N) is 2. The molecule has 0 saturated heterocycles. The van der Waals surface area contributed by atoms with Crippen LogP contribution in [0.15, 0.2) is 52.8 Å². The number of carbonyl (C=O) groups is 1. The van der Waals surface area contributed by atoms with E-state index in [2.05, 4.69) is 19.9 Å². The number of hydrogen-bond acceptors (Lipinski definition) is 7. The summed E-state index contributed by atoms with van der Waals surface area (Å²) in [5.41, 5.74) is 1.16. The smallest absolute Gasteiger partial charge is 0.416 e. The lowest BCUT2D eigenvalue weighted by atomic mass is 10.1. The van der Waals surface area contributed by atoms with E-state index < -0.39 is 17.7 Å². The molecular formula is C21H21F3N2O5. The van der Waals surface area contributed by atoms with Crippen LogP contribution in [-0.4, -0.2) is 31.8 Å². The van der Waals surface area contributed by atoms with Gasteiger partial charge in [-0.3, -0.25) is 0 Å². The number of ether oxygens (including phenoxy) is 2. The molecule has 0 fully saturated rings. The van der Waals surface area contributed by atoms with E-state index in [4.69, 9.17) is 9.57 Å². The minimum absolute atomic E-state index is 0.0158. The zero-order valence-corrected chi connectivity index (χ0v) is 17.3. The van der Waals surface area contributed by atoms with Crippen LogP contribution >= 0.6 is 0 Å². The number of benzene rings is 2. The number of esters is 1. The fourth-order valence-corrected chi connectivity index (χ4v) is 2.39. The molecule has 0 heterocycles. The standard InChI is InChI=1S/C21H21F3N2O5/c1-13-8-9-15(10-18(13)31-19(26-29-4)20(27)28-3)12-30-25-14(2)16-6-5-7-17(11-16)21(22,23)24/h5-11H,12H2,1-4H3. The maximum absolute atomic E-state index is 12.9. The number of aryl methyl sites for hydroxylation is 1. The second-order valence-corrected chi connectivity index (χ2v) is 6.30. The molecule has 0 amide bonds. The van der Waals surface area contributed by atoms with Crippen molar-refractivity contribution >= 4 is 17.6 Å². The van der Waals surface area contributed by atoms with E-state index in [1.54, 1.807) is 32.0 Å². The molecule has 166 valence electrons. The van der Waals surface area contributed by atoms with E-state index in [1.165, 1.54) is 26.4 Å². The monoisotopic (exact) mass is 438 g/mol. The van der Waals surface area contributed by atoms with Crippen molar-refractivity contribution in [3.63, 3.8) is 0 Å². The van der Waals surface area contributed by atoms with Crippen molar-refractivity contribution in [2.75, 3.05) is 14.2 Å². The summed E-state index contributed by atoms with van der Waals surface area (Å²) < 4.78 is 48.6. The molecule has 0 aromatic heterocycles. The van der Waals surface area contributed by atoms with Gasteiger partial charge in [0.2, 0.25) is 0 Å². The molecule has 0 bridgehead atoms. The van der Waals surface area contributed by atoms with Gasteiger partial charge in [0.25, 0.3) is 0 Å². The molecule has 0 unspecified atom stereocenters. The summed E-state index contributed by atoms with van der Waals surface area (Å²) in [6.45, 7) is 3.32. The molecule has 2 rings (SSSR count). The first-order chi connectivity index (χ1) is 14.7. The van der Waals surface area contributed by atoms with E-state index in [0.717, 1.165) is 12.1 Å². The molecule has 0 spiro atoms. The number of halogens is 3. The van der Waals surface area contributed by atoms with Gasteiger partial charge in [0, 0.05) is 0 Å². The van der Waals surface area contributed by atoms with Gasteiger partial charge in [-0.1, -0.05) is 29.4 Å². The van der Waals surface area contributed by atoms with E-state index in [-0.39, 0.29) is 18.2 Å². The number of oxime groups is 2. The molecule has 0 aliphatic carbocycles. The van der Waals surface area contributed by atoms with Crippen LogP contribution < -0.4 is 4.74 Å². The third-order valence-electron chi connectivity index (χ3n) is 4.03. The number of alkyl halides is 3. The summed E-state index contributed by atoms with van der Waals surface area (Å²) in [7, 11) is 2.44. The van der Waals surface area contributed by atoms with Gasteiger partial charge in [-0.15, -0.1) is 0 Å². The average Bonchev–Trinajstić information content (AvgIpc) is 2.74. The molecular weight excluding hydrogens is 417 g/mol. The zero-order valence-electron chi connectivity index (χ0n) is 17.3. The SMILES string of the molecule is CON=C(Oc1cc(CON=C(C)c2cccc(C(F)(F)F)c2)ccc1C)C(=O)OC. The van der Waals surface area contributed by atoms with Gasteiger partial charge in [-0.2, -0.15) is 13.2 Å². The van der Waals surface area contributed by atoms with Gasteiger partial charge in [0.05, 0.1) is 18.4 Å². The molecule has 7 nitrogen and oxygen atoms in total. The first-order valence-electron chi connectivity index (χ1n) is 8.96. The van der Waals surface area contributed by atoms with Crippen LogP contribution in [0.25, 0.3) is 0 Å². The zero-order chi connectivity index (χ0) is 23.0. The van der Waals surface area contributed by atoms with E-state index in [9.17, 15) is 18.0 Å². The normalized spacial score (nSPS) is 12.4. The lowest BCUT2D eigenvalue weighted by molar-refractivity contribution is -0.137. The van der Waals surface area contributed by atoms with Crippen molar-refractivity contribution in [3.05, 3.63) is 64.7 Å². The summed E-state index contributed by atoms with van der Waals surface area (Å²) in [6, 6.07) is 9.91. The Bertz CT molecular complexity index is 987. The second kappa shape index (κ2) is 10.5. The first kappa shape index (κ1) is 23.7. The van der Waals surface area contributed by atoms with Gasteiger partial charge in [0.15, 0.2) is 0 Å². The van der Waals surface area contributed by atoms with E-state index in [1.807, 2.05) is 0 Å². The fraction of sp³-hybridized carbons (Fsp3) is 0.286. The summed E-state index contributed by atoms with van der Waals surface area (Å²) in [5.74, 6) is -0.880. The highest BCUT2D eigenvalue weighted by molar-refractivity contribution is 6.33. The maximum Gasteiger partial charge on any atom is 0.416 e. The van der Waals surface area contributed by atoms with Crippen LogP contribution in [0.1, 0.15) is 29.2 Å². The van der Waals surface area contributed by atoms with Crippen LogP contribution in [-0.2, 0) is 32.0 Å². The summed E-state index contributed by atoms with van der Waals surface area (Å²) in [4.78, 5) is 21.6. The quantitative estimate of drug-likeness (QED) is 0.288. The molecule has 0 aliphatic heterocycles. The highest BCUT2D eigenvalue weighted by Crippen LogP contribution is 2.29. The van der Waals surface area contributed by atoms with Crippen molar-refractivity contribution in [3.8, 4) is 5.75 Å². The number of hydrogen-bond donors (Lipinski definition) is 0. The molecule has 0 N–H and O–H groups in total. The molecule has 0 atom stereocenters. The predicted octanol–water partition coefficient (Wildman–Crippen LogP) is 4.47. The minimum atomic E-state index is -4.44. The van der Waals surface area contributed by atoms with Crippen LogP contribution in [0, 0.1) is 6.92 Å². The van der Waals surface area contributed by atoms with Gasteiger partial charge < -0.3 is 19.1 Å². The van der Waals surface area contributed by atoms with Crippen molar-refractivity contribution in [1.82, 2.24) is 0 Å². The third-order valence-corrected chi connectivity index (χ3v) is 4.03. The highest BCUT2D eigenvalue weighted by Gasteiger charge is 2.30. The Hall–Kier alpha value is -3.56. The summed E-state index contributed by atoms with van der Waals surface area (Å²) in [5, 5.41) is 7.38. The van der Waals surface area contributed by atoms with Crippen molar-refractivity contribution in [1.29, 1.82) is 0 Å². The van der Waals surface area contributed by atoms with Gasteiger partial charge in [-0.25, -0.2) is 4.79 Å². The molecule has 0 radical (unpaired) electrons. The Morgan fingerprint density at radius 1 is 1.06 bits per heavy atom. The van der Waals surface area contributed by atoms with E-state index in [0.29, 0.717) is 22.4 Å². The first-order valence-corrected chi connectivity index (χ1v) is 8.96. The molecule has 0 aliphatic rings. The highest BCUT2D eigenvalue weighted by atomic mass is 19.4. The Morgan fingerprint density at radius 3 is 2.45 bits per heavy atom. The molecule has 10 heteroatoms. The lowest BCUT2D eigenvalue weighted by Gasteiger charge is -2.11. The maximum atomic E-state index is 12.9. The largest absolute Gasteiger partial charge is 0.462 e. The van der Waals surface area contributed by atoms with Crippen molar-refractivity contribution < 1.29 is 37.1 Å². The van der Waals surface area contributed by atoms with Gasteiger partial charge in [0.1, 0.15) is 19.5 Å². The number of carbonyl (C=O) groups excluding carboxylic acids is 1. The van der Waals surface area contributed by atoms with Crippen molar-refractivity contribution in [2.24, 2.45) is 10.3 Å². The van der Waals surface area contributed by atoms with Crippen LogP contribution in [0.5, 0.6) is 5.75 Å². The van der Waals surface area contributed by atoms with Crippen LogP contribution in [0.2, 0.25) is 0 Å². The van der Waals surface area contributed by atoms with Gasteiger partial charge in [-0.05, 0) is 53.9 Å². The van der Waals surface area contributed by atoms with Gasteiger partial charge >= 0.3 is 18.0 Å². The van der Waals surface area contributed by atoms with Crippen molar-refractivity contribution in [2.45, 2.75) is 26.6 Å². The van der Waals surface area contributed by atoms with Crippen LogP contribution in [0.4, 0.5) is 13.2 Å². The third kappa shape index (κ3) is 6.73. The van der Waals surface area contributed by atoms with E-state index >= 15 is 0 Å². The Morgan fingerprint density at radius 2 is 1.81 bits per heavy atom. The summed E-state index contributed by atoms with van der Waals surface area (Å²) in [6.07, 6.45) is -4.44. The number of rotatable bonds is 6. The topological polar surface area (TPSA) is 78.7 Å². The fourth-order valence-electron chi connectivity index (χ4n) is 2.39. The molecule has 2 aromatic rings. The Kier molecular flexibility index (Phi) is 8.00. The molecule has 31 heavy (non-hydrogen) atoms. The van der Waals surface area contributed by atoms with Crippen LogP contribution in [0.3, 0.4) is 0 Å². The molecule has 2 aromatic carbocycles. The predicted molar refractivity (Wildman–Crippen MR) is 107 cm³/mol. The Labute approximate surface area is 177 Å². The second-order valence-electron chi connectivity index (χ2n) is 6.30. The number of methoxy groups -OCH3 is 1.